The van der Waals surface area contributed by atoms with Gasteiger partial charge in [-0.25, -0.2) is 0 Å². The Kier molecular flexibility index (Phi) is 7.14. The van der Waals surface area contributed by atoms with E-state index in [1.54, 1.807) is 0 Å². The second-order valence-electron chi connectivity index (χ2n) is 7.66. The minimum Gasteiger partial charge on any atom is -0.359 e. The Bertz CT molecular complexity index is 561. The van der Waals surface area contributed by atoms with E-state index < -0.39 is 0 Å². The van der Waals surface area contributed by atoms with E-state index in [9.17, 15) is 0 Å². The van der Waals surface area contributed by atoms with Gasteiger partial charge in [-0.15, -0.1) is 24.0 Å². The number of guanidine groups is 1. The van der Waals surface area contributed by atoms with Gasteiger partial charge in [-0.2, -0.15) is 0 Å². The van der Waals surface area contributed by atoms with Crippen LogP contribution in [0.25, 0.3) is 0 Å². The molecule has 1 saturated heterocycles. The fourth-order valence-electron chi connectivity index (χ4n) is 3.17. The van der Waals surface area contributed by atoms with Gasteiger partial charge in [-0.1, -0.05) is 32.9 Å². The SMILES string of the molecule is CCC(CC)c1cc(CNC(=NC)N2CC(C)(C)C2(C)C)on1.I. The van der Waals surface area contributed by atoms with Crippen molar-refractivity contribution in [3.63, 3.8) is 0 Å². The molecule has 2 heterocycles. The number of aromatic nitrogens is 1. The molecule has 1 aromatic heterocycles. The van der Waals surface area contributed by atoms with Crippen LogP contribution in [0, 0.1) is 5.41 Å². The lowest BCUT2D eigenvalue weighted by Crippen LogP contribution is -2.72. The maximum atomic E-state index is 5.48. The van der Waals surface area contributed by atoms with Gasteiger partial charge in [0.25, 0.3) is 0 Å². The summed E-state index contributed by atoms with van der Waals surface area (Å²) in [7, 11) is 1.83. The maximum absolute atomic E-state index is 5.48. The van der Waals surface area contributed by atoms with Gasteiger partial charge in [0.05, 0.1) is 12.2 Å². The Hall–Kier alpha value is -0.790. The molecule has 0 spiro atoms. The molecule has 0 amide bonds. The molecular formula is C18H33IN4O. The predicted molar refractivity (Wildman–Crippen MR) is 110 cm³/mol. The minimum atomic E-state index is 0. The van der Waals surface area contributed by atoms with Gasteiger partial charge in [0.15, 0.2) is 11.7 Å². The monoisotopic (exact) mass is 448 g/mol. The van der Waals surface area contributed by atoms with Gasteiger partial charge >= 0.3 is 0 Å². The summed E-state index contributed by atoms with van der Waals surface area (Å²) in [6.07, 6.45) is 2.18. The lowest BCUT2D eigenvalue weighted by Gasteiger charge is -2.62. The Morgan fingerprint density at radius 2 is 1.96 bits per heavy atom. The Morgan fingerprint density at radius 3 is 2.42 bits per heavy atom. The van der Waals surface area contributed by atoms with E-state index in [-0.39, 0.29) is 29.5 Å². The topological polar surface area (TPSA) is 53.7 Å². The van der Waals surface area contributed by atoms with Crippen molar-refractivity contribution in [1.82, 2.24) is 15.4 Å². The third-order valence-electron chi connectivity index (χ3n) is 5.75. The summed E-state index contributed by atoms with van der Waals surface area (Å²) in [4.78, 5) is 6.75. The first kappa shape index (κ1) is 21.3. The number of halogens is 1. The zero-order valence-corrected chi connectivity index (χ0v) is 18.5. The van der Waals surface area contributed by atoms with Gasteiger partial charge in [-0.3, -0.25) is 4.99 Å². The van der Waals surface area contributed by atoms with E-state index >= 15 is 0 Å². The maximum Gasteiger partial charge on any atom is 0.194 e. The lowest BCUT2D eigenvalue weighted by atomic mass is 9.65. The zero-order chi connectivity index (χ0) is 17.3. The van der Waals surface area contributed by atoms with E-state index in [2.05, 4.69) is 68.0 Å². The number of hydrogen-bond donors (Lipinski definition) is 1. The molecule has 0 unspecified atom stereocenters. The molecule has 2 rings (SSSR count). The molecule has 0 saturated carbocycles. The molecule has 1 fully saturated rings. The van der Waals surface area contributed by atoms with Crippen molar-refractivity contribution in [1.29, 1.82) is 0 Å². The van der Waals surface area contributed by atoms with Crippen molar-refractivity contribution in [3.05, 3.63) is 17.5 Å². The summed E-state index contributed by atoms with van der Waals surface area (Å²) in [5, 5.41) is 7.64. The molecule has 0 aromatic carbocycles. The highest BCUT2D eigenvalue weighted by molar-refractivity contribution is 14.0. The van der Waals surface area contributed by atoms with Crippen LogP contribution in [0.1, 0.15) is 71.8 Å². The Balaban J connectivity index is 0.00000288. The largest absolute Gasteiger partial charge is 0.359 e. The van der Waals surface area contributed by atoms with E-state index in [0.717, 1.165) is 36.8 Å². The second kappa shape index (κ2) is 8.06. The molecule has 0 bridgehead atoms. The summed E-state index contributed by atoms with van der Waals surface area (Å²) in [5.74, 6) is 2.28. The van der Waals surface area contributed by atoms with Crippen molar-refractivity contribution < 1.29 is 4.52 Å². The fraction of sp³-hybridized carbons (Fsp3) is 0.778. The van der Waals surface area contributed by atoms with Crippen LogP contribution in [0.4, 0.5) is 0 Å². The third kappa shape index (κ3) is 3.89. The molecule has 1 aliphatic rings. The van der Waals surface area contributed by atoms with E-state index in [1.165, 1.54) is 0 Å². The number of aliphatic imine (C=N–C) groups is 1. The van der Waals surface area contributed by atoms with Crippen molar-refractivity contribution in [3.8, 4) is 0 Å². The first-order valence-electron chi connectivity index (χ1n) is 8.70. The highest BCUT2D eigenvalue weighted by Gasteiger charge is 2.53. The number of hydrogen-bond acceptors (Lipinski definition) is 3. The average molecular weight is 448 g/mol. The minimum absolute atomic E-state index is 0. The highest BCUT2D eigenvalue weighted by Crippen LogP contribution is 2.46. The van der Waals surface area contributed by atoms with Gasteiger partial charge in [-0.05, 0) is 26.7 Å². The van der Waals surface area contributed by atoms with Crippen molar-refractivity contribution in [2.75, 3.05) is 13.6 Å². The van der Waals surface area contributed by atoms with E-state index in [1.807, 2.05) is 7.05 Å². The van der Waals surface area contributed by atoms with Crippen LogP contribution >= 0.6 is 24.0 Å². The second-order valence-corrected chi connectivity index (χ2v) is 7.66. The molecule has 1 aliphatic heterocycles. The van der Waals surface area contributed by atoms with Crippen LogP contribution in [0.5, 0.6) is 0 Å². The van der Waals surface area contributed by atoms with E-state index in [4.69, 9.17) is 4.52 Å². The summed E-state index contributed by atoms with van der Waals surface area (Å²) >= 11 is 0. The molecule has 0 radical (unpaired) electrons. The first-order chi connectivity index (χ1) is 10.8. The normalized spacial score (nSPS) is 19.0. The van der Waals surface area contributed by atoms with Gasteiger partial charge in [0.1, 0.15) is 0 Å². The Morgan fingerprint density at radius 1 is 1.33 bits per heavy atom. The predicted octanol–water partition coefficient (Wildman–Crippen LogP) is 4.39. The van der Waals surface area contributed by atoms with Crippen LogP contribution in [-0.4, -0.2) is 35.1 Å². The lowest BCUT2D eigenvalue weighted by molar-refractivity contribution is -0.0668. The summed E-state index contributed by atoms with van der Waals surface area (Å²) < 4.78 is 5.48. The quantitative estimate of drug-likeness (QED) is 0.413. The van der Waals surface area contributed by atoms with Crippen LogP contribution in [0.3, 0.4) is 0 Å². The van der Waals surface area contributed by atoms with Gasteiger partial charge < -0.3 is 14.7 Å². The van der Waals surface area contributed by atoms with Crippen molar-refractivity contribution in [2.24, 2.45) is 10.4 Å². The Labute approximate surface area is 163 Å². The number of nitrogens with one attached hydrogen (secondary N) is 1. The molecular weight excluding hydrogens is 415 g/mol. The molecule has 0 aliphatic carbocycles. The van der Waals surface area contributed by atoms with Crippen LogP contribution in [0.15, 0.2) is 15.6 Å². The molecule has 6 heteroatoms. The fourth-order valence-corrected chi connectivity index (χ4v) is 3.17. The number of likely N-dealkylation sites (tertiary alicyclic amines) is 1. The zero-order valence-electron chi connectivity index (χ0n) is 16.1. The molecule has 1 N–H and O–H groups in total. The van der Waals surface area contributed by atoms with Crippen LogP contribution < -0.4 is 5.32 Å². The summed E-state index contributed by atoms with van der Waals surface area (Å²) in [6.45, 7) is 15.1. The smallest absolute Gasteiger partial charge is 0.194 e. The average Bonchev–Trinajstić information content (AvgIpc) is 2.96. The van der Waals surface area contributed by atoms with Gasteiger partial charge in [0.2, 0.25) is 0 Å². The first-order valence-corrected chi connectivity index (χ1v) is 8.70. The molecule has 138 valence electrons. The summed E-state index contributed by atoms with van der Waals surface area (Å²) in [6, 6.07) is 2.07. The third-order valence-corrected chi connectivity index (χ3v) is 5.75. The van der Waals surface area contributed by atoms with Crippen molar-refractivity contribution in [2.45, 2.75) is 72.4 Å². The van der Waals surface area contributed by atoms with Crippen molar-refractivity contribution >= 4 is 29.9 Å². The number of rotatable bonds is 5. The van der Waals surface area contributed by atoms with Gasteiger partial charge in [0, 0.05) is 36.5 Å². The standard InChI is InChI=1S/C18H32N4O.HI/c1-8-13(9-2)15-10-14(23-21-15)11-20-16(19-7)22-12-17(3,4)18(22,5)6;/h10,13H,8-9,11-12H2,1-7H3,(H,19,20);1H. The van der Waals surface area contributed by atoms with Crippen LogP contribution in [-0.2, 0) is 6.54 Å². The van der Waals surface area contributed by atoms with E-state index in [0.29, 0.717) is 17.9 Å². The molecule has 0 atom stereocenters. The number of nitrogens with zero attached hydrogens (tertiary/aromatic N) is 3. The van der Waals surface area contributed by atoms with Crippen LogP contribution in [0.2, 0.25) is 0 Å². The summed E-state index contributed by atoms with van der Waals surface area (Å²) in [5.41, 5.74) is 1.45. The highest BCUT2D eigenvalue weighted by atomic mass is 127. The molecule has 5 nitrogen and oxygen atoms in total. The molecule has 24 heavy (non-hydrogen) atoms. The molecule has 1 aromatic rings.